The van der Waals surface area contributed by atoms with E-state index in [1.54, 1.807) is 17.0 Å². The monoisotopic (exact) mass is 446 g/mol. The highest BCUT2D eigenvalue weighted by Gasteiger charge is 2.27. The normalized spacial score (nSPS) is 14.6. The van der Waals surface area contributed by atoms with Gasteiger partial charge in [-0.05, 0) is 44.2 Å². The number of piperidine rings is 1. The maximum absolute atomic E-state index is 14.3. The summed E-state index contributed by atoms with van der Waals surface area (Å²) in [4.78, 5) is 22.5. The zero-order valence-corrected chi connectivity index (χ0v) is 17.6. The van der Waals surface area contributed by atoms with E-state index in [4.69, 9.17) is 11.6 Å². The number of H-pyrrole nitrogens is 1. The average molecular weight is 447 g/mol. The first-order chi connectivity index (χ1) is 14.9. The summed E-state index contributed by atoms with van der Waals surface area (Å²) >= 11 is 5.79. The van der Waals surface area contributed by atoms with Gasteiger partial charge in [-0.1, -0.05) is 17.7 Å². The third-order valence-electron chi connectivity index (χ3n) is 5.33. The molecule has 2 N–H and O–H groups in total. The molecule has 3 aromatic rings. The van der Waals surface area contributed by atoms with Crippen LogP contribution >= 0.6 is 11.6 Å². The SMILES string of the molecule is Cc1cc(Nc2ncc(F)c(CC3CCN(C(=O)c4cccc(Cl)c4F)CC3)n2)n[nH]1. The van der Waals surface area contributed by atoms with Crippen LogP contribution in [0.15, 0.2) is 30.5 Å². The molecule has 1 aliphatic heterocycles. The lowest BCUT2D eigenvalue weighted by Crippen LogP contribution is -2.39. The number of aryl methyl sites for hydroxylation is 1. The van der Waals surface area contributed by atoms with Crippen molar-refractivity contribution in [2.75, 3.05) is 18.4 Å². The number of amides is 1. The number of hydrogen-bond acceptors (Lipinski definition) is 5. The topological polar surface area (TPSA) is 86.8 Å². The Hall–Kier alpha value is -3.07. The second-order valence-electron chi connectivity index (χ2n) is 7.59. The van der Waals surface area contributed by atoms with Crippen LogP contribution in [0.1, 0.15) is 34.6 Å². The van der Waals surface area contributed by atoms with Crippen molar-refractivity contribution in [2.24, 2.45) is 5.92 Å². The number of nitrogens with one attached hydrogen (secondary N) is 2. The highest BCUT2D eigenvalue weighted by atomic mass is 35.5. The molecule has 0 unspecified atom stereocenters. The van der Waals surface area contributed by atoms with Crippen molar-refractivity contribution >= 4 is 29.3 Å². The van der Waals surface area contributed by atoms with Crippen LogP contribution < -0.4 is 5.32 Å². The minimum Gasteiger partial charge on any atom is -0.339 e. The molecule has 1 aromatic carbocycles. The van der Waals surface area contributed by atoms with Gasteiger partial charge in [0.15, 0.2) is 17.5 Å². The van der Waals surface area contributed by atoms with E-state index in [-0.39, 0.29) is 28.4 Å². The number of benzene rings is 1. The fourth-order valence-corrected chi connectivity index (χ4v) is 3.83. The first-order valence-electron chi connectivity index (χ1n) is 9.94. The minimum absolute atomic E-state index is 0.0304. The number of anilines is 2. The molecule has 3 heterocycles. The first-order valence-corrected chi connectivity index (χ1v) is 10.3. The highest BCUT2D eigenvalue weighted by Crippen LogP contribution is 2.26. The van der Waals surface area contributed by atoms with E-state index in [1.165, 1.54) is 12.1 Å². The molecule has 162 valence electrons. The van der Waals surface area contributed by atoms with E-state index in [0.29, 0.717) is 43.9 Å². The standard InChI is InChI=1S/C21H21ClF2N6O/c1-12-9-18(29-28-12)27-21-25-11-16(23)17(26-21)10-13-5-7-30(8-6-13)20(31)14-3-2-4-15(22)19(14)24/h2-4,9,11,13H,5-8,10H2,1H3,(H2,25,26,27,28,29). The Morgan fingerprint density at radius 1 is 1.32 bits per heavy atom. The second-order valence-corrected chi connectivity index (χ2v) is 8.00. The fraction of sp³-hybridized carbons (Fsp3) is 0.333. The van der Waals surface area contributed by atoms with E-state index < -0.39 is 11.6 Å². The van der Waals surface area contributed by atoms with Crippen molar-refractivity contribution in [1.29, 1.82) is 0 Å². The molecule has 7 nitrogen and oxygen atoms in total. The summed E-state index contributed by atoms with van der Waals surface area (Å²) in [5.74, 6) is -0.581. The fourth-order valence-electron chi connectivity index (χ4n) is 3.66. The number of likely N-dealkylation sites (tertiary alicyclic amines) is 1. The van der Waals surface area contributed by atoms with Gasteiger partial charge in [0, 0.05) is 24.8 Å². The van der Waals surface area contributed by atoms with Crippen molar-refractivity contribution in [3.8, 4) is 0 Å². The van der Waals surface area contributed by atoms with E-state index in [0.717, 1.165) is 11.9 Å². The van der Waals surface area contributed by atoms with Crippen LogP contribution in [0.3, 0.4) is 0 Å². The lowest BCUT2D eigenvalue weighted by molar-refractivity contribution is 0.0685. The molecule has 0 radical (unpaired) electrons. The third kappa shape index (κ3) is 4.82. The van der Waals surface area contributed by atoms with Gasteiger partial charge < -0.3 is 10.2 Å². The van der Waals surface area contributed by atoms with E-state index in [9.17, 15) is 13.6 Å². The Labute approximate surface area is 182 Å². The number of aromatic nitrogens is 4. The molecule has 0 atom stereocenters. The van der Waals surface area contributed by atoms with E-state index >= 15 is 0 Å². The zero-order chi connectivity index (χ0) is 22.0. The Bertz CT molecular complexity index is 1100. The Balaban J connectivity index is 1.38. The summed E-state index contributed by atoms with van der Waals surface area (Å²) in [7, 11) is 0. The van der Waals surface area contributed by atoms with Gasteiger partial charge in [0.2, 0.25) is 5.95 Å². The molecule has 4 rings (SSSR count). The van der Waals surface area contributed by atoms with Crippen LogP contribution in [0, 0.1) is 24.5 Å². The maximum atomic E-state index is 14.3. The number of carbonyl (C=O) groups excluding carboxylic acids is 1. The Morgan fingerprint density at radius 3 is 2.81 bits per heavy atom. The molecule has 2 aromatic heterocycles. The van der Waals surface area contributed by atoms with Crippen molar-refractivity contribution < 1.29 is 13.6 Å². The third-order valence-corrected chi connectivity index (χ3v) is 5.62. The van der Waals surface area contributed by atoms with Crippen molar-refractivity contribution in [1.82, 2.24) is 25.1 Å². The average Bonchev–Trinajstić information content (AvgIpc) is 3.17. The molecule has 1 saturated heterocycles. The summed E-state index contributed by atoms with van der Waals surface area (Å²) in [6, 6.07) is 6.19. The van der Waals surface area contributed by atoms with Gasteiger partial charge in [-0.2, -0.15) is 5.10 Å². The Kier molecular flexibility index (Phi) is 6.13. The van der Waals surface area contributed by atoms with Gasteiger partial charge in [-0.3, -0.25) is 9.89 Å². The summed E-state index contributed by atoms with van der Waals surface area (Å²) in [6.45, 7) is 2.78. The lowest BCUT2D eigenvalue weighted by atomic mass is 9.91. The number of halogens is 3. The van der Waals surface area contributed by atoms with Crippen molar-refractivity contribution in [3.05, 3.63) is 64.1 Å². The molecule has 0 spiro atoms. The number of carbonyl (C=O) groups is 1. The van der Waals surface area contributed by atoms with Crippen molar-refractivity contribution in [3.63, 3.8) is 0 Å². The molecule has 1 aliphatic rings. The van der Waals surface area contributed by atoms with Gasteiger partial charge in [-0.15, -0.1) is 0 Å². The number of nitrogens with zero attached hydrogens (tertiary/aromatic N) is 4. The summed E-state index contributed by atoms with van der Waals surface area (Å²) in [5, 5.41) is 9.74. The molecule has 10 heteroatoms. The van der Waals surface area contributed by atoms with Gasteiger partial charge in [0.05, 0.1) is 22.5 Å². The molecule has 0 saturated carbocycles. The molecular weight excluding hydrogens is 426 g/mol. The molecule has 0 aliphatic carbocycles. The van der Waals surface area contributed by atoms with Crippen LogP contribution in [-0.2, 0) is 6.42 Å². The maximum Gasteiger partial charge on any atom is 0.256 e. The number of rotatable bonds is 5. The number of hydrogen-bond donors (Lipinski definition) is 2. The Morgan fingerprint density at radius 2 is 2.10 bits per heavy atom. The molecule has 1 amide bonds. The largest absolute Gasteiger partial charge is 0.339 e. The quantitative estimate of drug-likeness (QED) is 0.611. The van der Waals surface area contributed by atoms with Gasteiger partial charge in [0.25, 0.3) is 5.91 Å². The van der Waals surface area contributed by atoms with Gasteiger partial charge in [0.1, 0.15) is 0 Å². The minimum atomic E-state index is -0.702. The molecule has 31 heavy (non-hydrogen) atoms. The van der Waals surface area contributed by atoms with Crippen LogP contribution in [-0.4, -0.2) is 44.1 Å². The predicted molar refractivity (Wildman–Crippen MR) is 112 cm³/mol. The van der Waals surface area contributed by atoms with E-state index in [2.05, 4.69) is 25.5 Å². The van der Waals surface area contributed by atoms with Crippen molar-refractivity contribution in [2.45, 2.75) is 26.2 Å². The molecule has 1 fully saturated rings. The van der Waals surface area contributed by atoms with Crippen LogP contribution in [0.2, 0.25) is 5.02 Å². The second kappa shape index (κ2) is 8.97. The van der Waals surface area contributed by atoms with E-state index in [1.807, 2.05) is 6.92 Å². The lowest BCUT2D eigenvalue weighted by Gasteiger charge is -2.32. The molecular formula is C21H21ClF2N6O. The predicted octanol–water partition coefficient (Wildman–Crippen LogP) is 4.28. The van der Waals surface area contributed by atoms with Crippen LogP contribution in [0.5, 0.6) is 0 Å². The zero-order valence-electron chi connectivity index (χ0n) is 16.8. The summed E-state index contributed by atoms with van der Waals surface area (Å²) in [5.41, 5.74) is 1.16. The van der Waals surface area contributed by atoms with Gasteiger partial charge >= 0.3 is 0 Å². The highest BCUT2D eigenvalue weighted by molar-refractivity contribution is 6.31. The summed E-state index contributed by atoms with van der Waals surface area (Å²) < 4.78 is 28.4. The smallest absolute Gasteiger partial charge is 0.256 e. The van der Waals surface area contributed by atoms with Gasteiger partial charge in [-0.25, -0.2) is 18.7 Å². The summed E-state index contributed by atoms with van der Waals surface area (Å²) in [6.07, 6.45) is 2.90. The van der Waals surface area contributed by atoms with Crippen LogP contribution in [0.4, 0.5) is 20.5 Å². The first kappa shape index (κ1) is 21.2. The van der Waals surface area contributed by atoms with Crippen LogP contribution in [0.25, 0.3) is 0 Å². The number of aromatic amines is 1. The molecule has 0 bridgehead atoms.